The fourth-order valence-electron chi connectivity index (χ4n) is 1.96. The quantitative estimate of drug-likeness (QED) is 0.899. The Bertz CT molecular complexity index is 599. The summed E-state index contributed by atoms with van der Waals surface area (Å²) in [7, 11) is 0. The third-order valence-corrected chi connectivity index (χ3v) is 2.94. The lowest BCUT2D eigenvalue weighted by Gasteiger charge is -2.22. The number of rotatable bonds is 4. The first-order valence-corrected chi connectivity index (χ1v) is 6.00. The topological polar surface area (TPSA) is 79.2 Å². The van der Waals surface area contributed by atoms with Crippen molar-refractivity contribution in [2.75, 3.05) is 4.90 Å². The molecule has 0 amide bonds. The van der Waals surface area contributed by atoms with Crippen molar-refractivity contribution in [1.29, 1.82) is 0 Å². The molecule has 0 aliphatic heterocycles. The Morgan fingerprint density at radius 2 is 2.00 bits per heavy atom. The molecular weight excluding hydrogens is 244 g/mol. The molecule has 1 saturated carbocycles. The Morgan fingerprint density at radius 3 is 2.63 bits per heavy atom. The summed E-state index contributed by atoms with van der Waals surface area (Å²) in [5.74, 6) is -0.404. The minimum atomic E-state index is -1.03. The van der Waals surface area contributed by atoms with Crippen LogP contribution in [-0.2, 0) is 0 Å². The van der Waals surface area contributed by atoms with Crippen molar-refractivity contribution in [2.45, 2.75) is 18.9 Å². The van der Waals surface area contributed by atoms with Crippen LogP contribution < -0.4 is 4.90 Å². The molecule has 2 heterocycles. The summed E-state index contributed by atoms with van der Waals surface area (Å²) in [5, 5.41) is 9.01. The fraction of sp³-hybridized carbons (Fsp3) is 0.231. The van der Waals surface area contributed by atoms with Gasteiger partial charge in [-0.15, -0.1) is 0 Å². The maximum absolute atomic E-state index is 11.0. The number of hydrogen-bond donors (Lipinski definition) is 1. The van der Waals surface area contributed by atoms with E-state index in [1.54, 1.807) is 24.5 Å². The highest BCUT2D eigenvalue weighted by Crippen LogP contribution is 2.36. The van der Waals surface area contributed by atoms with E-state index in [9.17, 15) is 4.79 Å². The normalized spacial score (nSPS) is 14.1. The minimum Gasteiger partial charge on any atom is -0.477 e. The van der Waals surface area contributed by atoms with E-state index in [1.807, 2.05) is 4.90 Å². The molecule has 1 N–H and O–H groups in total. The zero-order valence-electron chi connectivity index (χ0n) is 10.1. The van der Waals surface area contributed by atoms with E-state index in [4.69, 9.17) is 5.11 Å². The van der Waals surface area contributed by atoms with E-state index in [2.05, 4.69) is 15.0 Å². The van der Waals surface area contributed by atoms with Crippen LogP contribution in [0.25, 0.3) is 0 Å². The van der Waals surface area contributed by atoms with Crippen LogP contribution >= 0.6 is 0 Å². The lowest BCUT2D eigenvalue weighted by atomic mass is 10.3. The number of carboxylic acids is 1. The number of nitrogens with zero attached hydrogens (tertiary/aromatic N) is 4. The highest BCUT2D eigenvalue weighted by Gasteiger charge is 2.31. The third-order valence-electron chi connectivity index (χ3n) is 2.94. The number of aromatic nitrogens is 3. The molecule has 3 rings (SSSR count). The summed E-state index contributed by atoms with van der Waals surface area (Å²) in [6, 6.07) is 5.34. The van der Waals surface area contributed by atoms with Crippen molar-refractivity contribution in [3.05, 3.63) is 42.6 Å². The molecule has 96 valence electrons. The molecule has 6 heteroatoms. The first-order valence-electron chi connectivity index (χ1n) is 6.00. The third kappa shape index (κ3) is 2.37. The second-order valence-electron chi connectivity index (χ2n) is 4.38. The van der Waals surface area contributed by atoms with Crippen LogP contribution in [0.4, 0.5) is 11.5 Å². The Morgan fingerprint density at radius 1 is 1.26 bits per heavy atom. The summed E-state index contributed by atoms with van der Waals surface area (Å²) in [6.07, 6.45) is 7.01. The highest BCUT2D eigenvalue weighted by molar-refractivity contribution is 5.86. The summed E-state index contributed by atoms with van der Waals surface area (Å²) in [5.41, 5.74) is 0.875. The minimum absolute atomic E-state index is 0.0417. The predicted octanol–water partition coefficient (Wildman–Crippen LogP) is 1.87. The second kappa shape index (κ2) is 4.64. The van der Waals surface area contributed by atoms with E-state index in [1.165, 1.54) is 12.4 Å². The molecule has 0 atom stereocenters. The maximum Gasteiger partial charge on any atom is 0.354 e. The summed E-state index contributed by atoms with van der Waals surface area (Å²) in [6.45, 7) is 0. The SMILES string of the molecule is O=C(O)c1cccc(N(c2cncnc2)C2CC2)n1. The van der Waals surface area contributed by atoms with E-state index in [0.717, 1.165) is 18.5 Å². The molecule has 0 bridgehead atoms. The lowest BCUT2D eigenvalue weighted by Crippen LogP contribution is -2.21. The van der Waals surface area contributed by atoms with Crippen LogP contribution in [0.1, 0.15) is 23.3 Å². The van der Waals surface area contributed by atoms with Gasteiger partial charge in [-0.05, 0) is 25.0 Å². The average molecular weight is 256 g/mol. The molecule has 6 nitrogen and oxygen atoms in total. The fourth-order valence-corrected chi connectivity index (χ4v) is 1.96. The van der Waals surface area contributed by atoms with Crippen LogP contribution in [0.15, 0.2) is 36.9 Å². The standard InChI is InChI=1S/C13H12N4O2/c18-13(19)11-2-1-3-12(16-11)17(9-4-5-9)10-6-14-8-15-7-10/h1-3,6-9H,4-5H2,(H,18,19). The van der Waals surface area contributed by atoms with Crippen molar-refractivity contribution in [1.82, 2.24) is 15.0 Å². The van der Waals surface area contributed by atoms with Gasteiger partial charge in [-0.25, -0.2) is 19.7 Å². The Kier molecular flexibility index (Phi) is 2.83. The van der Waals surface area contributed by atoms with Crippen molar-refractivity contribution in [3.63, 3.8) is 0 Å². The number of aromatic carboxylic acids is 1. The zero-order chi connectivity index (χ0) is 13.2. The molecule has 0 radical (unpaired) electrons. The van der Waals surface area contributed by atoms with Gasteiger partial charge in [0.25, 0.3) is 0 Å². The lowest BCUT2D eigenvalue weighted by molar-refractivity contribution is 0.0690. The monoisotopic (exact) mass is 256 g/mol. The summed E-state index contributed by atoms with van der Waals surface area (Å²) >= 11 is 0. The van der Waals surface area contributed by atoms with Gasteiger partial charge >= 0.3 is 5.97 Å². The molecule has 2 aromatic heterocycles. The van der Waals surface area contributed by atoms with Gasteiger partial charge in [0, 0.05) is 6.04 Å². The molecule has 0 spiro atoms. The average Bonchev–Trinajstić information content (AvgIpc) is 3.25. The molecule has 0 aromatic carbocycles. The molecule has 1 fully saturated rings. The van der Waals surface area contributed by atoms with Crippen molar-refractivity contribution < 1.29 is 9.90 Å². The molecule has 0 saturated heterocycles. The van der Waals surface area contributed by atoms with Gasteiger partial charge in [-0.1, -0.05) is 6.07 Å². The number of carboxylic acid groups (broad SMARTS) is 1. The van der Waals surface area contributed by atoms with E-state index in [-0.39, 0.29) is 5.69 Å². The van der Waals surface area contributed by atoms with Crippen LogP contribution in [0.3, 0.4) is 0 Å². The highest BCUT2D eigenvalue weighted by atomic mass is 16.4. The zero-order valence-corrected chi connectivity index (χ0v) is 10.1. The van der Waals surface area contributed by atoms with E-state index < -0.39 is 5.97 Å². The molecule has 19 heavy (non-hydrogen) atoms. The first-order chi connectivity index (χ1) is 9.25. The van der Waals surface area contributed by atoms with Gasteiger partial charge in [-0.2, -0.15) is 0 Å². The molecule has 1 aliphatic carbocycles. The smallest absolute Gasteiger partial charge is 0.354 e. The van der Waals surface area contributed by atoms with Crippen LogP contribution in [-0.4, -0.2) is 32.1 Å². The van der Waals surface area contributed by atoms with Gasteiger partial charge in [0.05, 0.1) is 18.1 Å². The number of carbonyl (C=O) groups is 1. The van der Waals surface area contributed by atoms with Gasteiger partial charge in [0.2, 0.25) is 0 Å². The molecular formula is C13H12N4O2. The van der Waals surface area contributed by atoms with Crippen molar-refractivity contribution in [2.24, 2.45) is 0 Å². The van der Waals surface area contributed by atoms with Gasteiger partial charge < -0.3 is 10.0 Å². The van der Waals surface area contributed by atoms with E-state index in [0.29, 0.717) is 11.9 Å². The summed E-state index contributed by atoms with van der Waals surface area (Å²) in [4.78, 5) is 25.2. The molecule has 0 unspecified atom stereocenters. The van der Waals surface area contributed by atoms with Gasteiger partial charge in [0.1, 0.15) is 12.1 Å². The summed E-state index contributed by atoms with van der Waals surface area (Å²) < 4.78 is 0. The Labute approximate surface area is 109 Å². The number of pyridine rings is 1. The molecule has 1 aliphatic rings. The van der Waals surface area contributed by atoms with Gasteiger partial charge in [-0.3, -0.25) is 0 Å². The van der Waals surface area contributed by atoms with Crippen LogP contribution in [0.5, 0.6) is 0 Å². The number of anilines is 2. The second-order valence-corrected chi connectivity index (χ2v) is 4.38. The molecule has 2 aromatic rings. The van der Waals surface area contributed by atoms with Crippen LogP contribution in [0, 0.1) is 0 Å². The Hall–Kier alpha value is -2.50. The Balaban J connectivity index is 2.01. The van der Waals surface area contributed by atoms with Gasteiger partial charge in [0.15, 0.2) is 5.69 Å². The largest absolute Gasteiger partial charge is 0.477 e. The number of hydrogen-bond acceptors (Lipinski definition) is 5. The maximum atomic E-state index is 11.0. The van der Waals surface area contributed by atoms with Crippen molar-refractivity contribution in [3.8, 4) is 0 Å². The predicted molar refractivity (Wildman–Crippen MR) is 68.4 cm³/mol. The van der Waals surface area contributed by atoms with E-state index >= 15 is 0 Å². The van der Waals surface area contributed by atoms with Crippen molar-refractivity contribution >= 4 is 17.5 Å². The first kappa shape index (κ1) is 11.6. The van der Waals surface area contributed by atoms with Crippen LogP contribution in [0.2, 0.25) is 0 Å².